The highest BCUT2D eigenvalue weighted by atomic mass is 32.2. The van der Waals surface area contributed by atoms with Crippen LogP contribution in [0, 0.1) is 0 Å². The zero-order valence-electron chi connectivity index (χ0n) is 25.9. The molecule has 7 aromatic rings. The maximum Gasteiger partial charge on any atom is 0.197 e. The molecule has 2 unspecified atom stereocenters. The molecule has 4 heterocycles. The molecule has 9 rings (SSSR count). The number of fused-ring (bicyclic) bond motifs is 4. The number of hydrogen-bond donors (Lipinski definition) is 2. The van der Waals surface area contributed by atoms with E-state index in [9.17, 15) is 9.59 Å². The first-order chi connectivity index (χ1) is 23.4. The lowest BCUT2D eigenvalue weighted by atomic mass is 10.0. The summed E-state index contributed by atoms with van der Waals surface area (Å²) in [5.74, 6) is 0. The summed E-state index contributed by atoms with van der Waals surface area (Å²) in [7, 11) is 0. The van der Waals surface area contributed by atoms with Gasteiger partial charge in [-0.25, -0.2) is 0 Å². The molecule has 5 aromatic carbocycles. The maximum atomic E-state index is 14.3. The Morgan fingerprint density at radius 1 is 0.521 bits per heavy atom. The fourth-order valence-electron chi connectivity index (χ4n) is 7.02. The van der Waals surface area contributed by atoms with Crippen LogP contribution >= 0.6 is 23.5 Å². The molecule has 0 aliphatic carbocycles. The molecule has 2 N–H and O–H groups in total. The highest BCUT2D eigenvalue weighted by molar-refractivity contribution is 8.03. The third-order valence-electron chi connectivity index (χ3n) is 9.31. The first-order valence-corrected chi connectivity index (χ1v) is 17.6. The predicted molar refractivity (Wildman–Crippen MR) is 203 cm³/mol. The van der Waals surface area contributed by atoms with Gasteiger partial charge in [0.05, 0.1) is 32.8 Å². The summed E-state index contributed by atoms with van der Waals surface area (Å²) in [6.45, 7) is 9.80. The third-order valence-corrected chi connectivity index (χ3v) is 11.6. The van der Waals surface area contributed by atoms with E-state index in [2.05, 4.69) is 81.5 Å². The average molecular weight is 663 g/mol. The molecule has 6 nitrogen and oxygen atoms in total. The van der Waals surface area contributed by atoms with Crippen molar-refractivity contribution in [1.29, 1.82) is 0 Å². The zero-order valence-corrected chi connectivity index (χ0v) is 27.5. The molecule has 2 aliphatic heterocycles. The van der Waals surface area contributed by atoms with Crippen molar-refractivity contribution in [2.75, 3.05) is 13.1 Å². The van der Waals surface area contributed by atoms with E-state index in [1.165, 1.54) is 0 Å². The fourth-order valence-corrected chi connectivity index (χ4v) is 8.94. The van der Waals surface area contributed by atoms with Crippen molar-refractivity contribution in [3.05, 3.63) is 164 Å². The first kappa shape index (κ1) is 29.3. The molecule has 0 bridgehead atoms. The van der Waals surface area contributed by atoms with Gasteiger partial charge in [-0.1, -0.05) is 61.7 Å². The van der Waals surface area contributed by atoms with Crippen LogP contribution in [-0.2, 0) is 0 Å². The third kappa shape index (κ3) is 4.67. The van der Waals surface area contributed by atoms with Gasteiger partial charge < -0.3 is 9.13 Å². The second kappa shape index (κ2) is 11.4. The molecule has 0 amide bonds. The van der Waals surface area contributed by atoms with Crippen molar-refractivity contribution in [2.45, 2.75) is 10.7 Å². The predicted octanol–water partition coefficient (Wildman–Crippen LogP) is 8.30. The minimum Gasteiger partial charge on any atom is -0.309 e. The number of benzene rings is 5. The van der Waals surface area contributed by atoms with E-state index < -0.39 is 0 Å². The number of thioether (sulfide) groups is 2. The van der Waals surface area contributed by atoms with E-state index in [0.29, 0.717) is 32.6 Å². The molecule has 234 valence electrons. The molecule has 48 heavy (non-hydrogen) atoms. The lowest BCUT2D eigenvalue weighted by Crippen LogP contribution is -2.15. The molecule has 2 aromatic heterocycles. The van der Waals surface area contributed by atoms with E-state index in [-0.39, 0.29) is 21.6 Å². The van der Waals surface area contributed by atoms with Crippen LogP contribution in [0.2, 0.25) is 0 Å². The molecular weight excluding hydrogens is 633 g/mol. The zero-order chi connectivity index (χ0) is 32.5. The van der Waals surface area contributed by atoms with Gasteiger partial charge in [0.2, 0.25) is 0 Å². The van der Waals surface area contributed by atoms with Gasteiger partial charge in [0.1, 0.15) is 0 Å². The van der Waals surface area contributed by atoms with Crippen molar-refractivity contribution in [3.8, 4) is 11.4 Å². The van der Waals surface area contributed by atoms with Gasteiger partial charge >= 0.3 is 0 Å². The highest BCUT2D eigenvalue weighted by Crippen LogP contribution is 2.38. The molecular formula is C40H30N4O2S2. The van der Waals surface area contributed by atoms with Crippen molar-refractivity contribution < 1.29 is 0 Å². The smallest absolute Gasteiger partial charge is 0.197 e. The molecule has 0 radical (unpaired) electrons. The van der Waals surface area contributed by atoms with Crippen LogP contribution in [0.3, 0.4) is 0 Å². The second-order valence-corrected chi connectivity index (χ2v) is 14.8. The van der Waals surface area contributed by atoms with Crippen LogP contribution in [0.4, 0.5) is 0 Å². The maximum absolute atomic E-state index is 14.3. The van der Waals surface area contributed by atoms with Crippen LogP contribution in [0.1, 0.15) is 21.9 Å². The van der Waals surface area contributed by atoms with Gasteiger partial charge in [-0.3, -0.25) is 20.2 Å². The summed E-state index contributed by atoms with van der Waals surface area (Å²) in [6.07, 6.45) is 0. The minimum atomic E-state index is -0.0625. The summed E-state index contributed by atoms with van der Waals surface area (Å²) in [4.78, 5) is 30.8. The van der Waals surface area contributed by atoms with Gasteiger partial charge in [-0.05, 0) is 81.6 Å². The van der Waals surface area contributed by atoms with Gasteiger partial charge in [0.15, 0.2) is 10.9 Å². The Morgan fingerprint density at radius 2 is 0.917 bits per heavy atom. The summed E-state index contributed by atoms with van der Waals surface area (Å²) in [5, 5.41) is 9.67. The number of pyridine rings is 2. The number of nitrogens with one attached hydrogen (secondary N) is 2. The van der Waals surface area contributed by atoms with Gasteiger partial charge in [-0.15, -0.1) is 23.5 Å². The first-order valence-electron chi connectivity index (χ1n) is 15.9. The molecule has 8 heteroatoms. The second-order valence-electron chi connectivity index (χ2n) is 12.3. The molecule has 0 saturated carbocycles. The van der Waals surface area contributed by atoms with Crippen molar-refractivity contribution in [2.24, 2.45) is 0 Å². The summed E-state index contributed by atoms with van der Waals surface area (Å²) >= 11 is 3.48. The molecule has 2 saturated heterocycles. The number of aromatic nitrogens is 2. The largest absolute Gasteiger partial charge is 0.309 e. The van der Waals surface area contributed by atoms with E-state index in [4.69, 9.17) is 0 Å². The molecule has 2 fully saturated rings. The Kier molecular flexibility index (Phi) is 6.95. The lowest BCUT2D eigenvalue weighted by molar-refractivity contribution is 0.765. The van der Waals surface area contributed by atoms with Crippen molar-refractivity contribution in [1.82, 2.24) is 19.8 Å². The van der Waals surface area contributed by atoms with Gasteiger partial charge in [0.25, 0.3) is 0 Å². The Morgan fingerprint density at radius 3 is 1.29 bits per heavy atom. The quantitative estimate of drug-likeness (QED) is 0.185. The van der Waals surface area contributed by atoms with Crippen molar-refractivity contribution >= 4 is 67.1 Å². The summed E-state index contributed by atoms with van der Waals surface area (Å²) in [5.41, 5.74) is 7.00. The molecule has 2 atom stereocenters. The molecule has 2 aliphatic rings. The van der Waals surface area contributed by atoms with Crippen LogP contribution in [0.15, 0.2) is 142 Å². The van der Waals surface area contributed by atoms with Crippen LogP contribution in [0.25, 0.3) is 55.0 Å². The Labute approximate surface area is 284 Å². The fraction of sp³-hybridized carbons (Fsp3) is 0.100. The Hall–Kier alpha value is -4.86. The standard InChI is InChI=1S/C40H30N4O2S2/c1-23-21-41-39(47-23)25-11-15-27(16-12-25)43-33-9-5-3-7-29(33)37(45)31-20-36-32(19-35(31)43)38(46)30-8-4-6-10-34(30)44(36)28-17-13-26(14-18-28)40-42-22-24(2)48-40/h3-20,39-42H,1-2,21-22H2. The monoisotopic (exact) mass is 662 g/mol. The van der Waals surface area contributed by atoms with Crippen LogP contribution in [0.5, 0.6) is 0 Å². The average Bonchev–Trinajstić information content (AvgIpc) is 3.77. The summed E-state index contributed by atoms with van der Waals surface area (Å²) in [6, 6.07) is 36.1. The van der Waals surface area contributed by atoms with Crippen LogP contribution in [-0.4, -0.2) is 22.2 Å². The highest BCUT2D eigenvalue weighted by Gasteiger charge is 2.22. The van der Waals surface area contributed by atoms with Crippen molar-refractivity contribution in [3.63, 3.8) is 0 Å². The lowest BCUT2D eigenvalue weighted by Gasteiger charge is -2.20. The van der Waals surface area contributed by atoms with E-state index in [1.807, 2.05) is 60.7 Å². The van der Waals surface area contributed by atoms with E-state index >= 15 is 0 Å². The normalized spacial score (nSPS) is 18.2. The number of rotatable bonds is 4. The topological polar surface area (TPSA) is 68.1 Å². The number of hydrogen-bond acceptors (Lipinski definition) is 6. The molecule has 0 spiro atoms. The Bertz CT molecular complexity index is 2420. The SMILES string of the molecule is C=C1CNC(c2ccc(-n3c4ccccc4c(=O)c4cc5c(cc43)c(=O)c3ccccc3n5-c3ccc(C4NCC(=C)S4)cc3)cc2)S1. The van der Waals surface area contributed by atoms with Crippen LogP contribution < -0.4 is 21.5 Å². The number of para-hydroxylation sites is 2. The van der Waals surface area contributed by atoms with Gasteiger partial charge in [0, 0.05) is 46.0 Å². The van der Waals surface area contributed by atoms with Gasteiger partial charge in [-0.2, -0.15) is 0 Å². The van der Waals surface area contributed by atoms with E-state index in [0.717, 1.165) is 56.4 Å². The Balaban J connectivity index is 1.31. The van der Waals surface area contributed by atoms with E-state index in [1.54, 1.807) is 23.5 Å². The summed E-state index contributed by atoms with van der Waals surface area (Å²) < 4.78 is 4.22. The number of nitrogens with zero attached hydrogens (tertiary/aromatic N) is 2. The minimum absolute atomic E-state index is 0.0625.